The van der Waals surface area contributed by atoms with E-state index in [0.717, 1.165) is 21.4 Å². The second-order valence-corrected chi connectivity index (χ2v) is 11.6. The molecule has 0 saturated carbocycles. The van der Waals surface area contributed by atoms with Crippen LogP contribution in [0.5, 0.6) is 0 Å². The Balaban J connectivity index is 1.18. The highest BCUT2D eigenvalue weighted by atomic mass is 19.4. The van der Waals surface area contributed by atoms with Crippen molar-refractivity contribution >= 4 is 11.7 Å². The van der Waals surface area contributed by atoms with Crippen molar-refractivity contribution in [1.29, 1.82) is 0 Å². The number of benzene rings is 3. The van der Waals surface area contributed by atoms with Crippen LogP contribution in [0.4, 0.5) is 19.0 Å². The van der Waals surface area contributed by atoms with Crippen molar-refractivity contribution in [1.82, 2.24) is 14.7 Å². The number of fused-ring (bicyclic) bond motifs is 1. The zero-order valence-electron chi connectivity index (χ0n) is 24.2. The molecule has 0 bridgehead atoms. The first-order valence-corrected chi connectivity index (χ1v) is 14.7. The molecular weight excluding hydrogens is 553 g/mol. The van der Waals surface area contributed by atoms with E-state index < -0.39 is 18.3 Å². The maximum absolute atomic E-state index is 14.1. The van der Waals surface area contributed by atoms with Crippen molar-refractivity contribution in [2.24, 2.45) is 0 Å². The van der Waals surface area contributed by atoms with Gasteiger partial charge in [0.2, 0.25) is 0 Å². The van der Waals surface area contributed by atoms with Crippen LogP contribution in [0.25, 0.3) is 0 Å². The number of anilines is 1. The van der Waals surface area contributed by atoms with Gasteiger partial charge in [-0.15, -0.1) is 0 Å². The summed E-state index contributed by atoms with van der Waals surface area (Å²) in [6, 6.07) is 23.3. The fraction of sp³-hybridized carbons (Fsp3) is 0.353. The molecular formula is C34H35F3N4O2. The van der Waals surface area contributed by atoms with E-state index in [4.69, 9.17) is 4.74 Å². The van der Waals surface area contributed by atoms with E-state index in [1.54, 1.807) is 29.2 Å². The first kappa shape index (κ1) is 29.0. The maximum Gasteiger partial charge on any atom is 0.410 e. The van der Waals surface area contributed by atoms with Crippen molar-refractivity contribution in [2.75, 3.05) is 18.4 Å². The lowest BCUT2D eigenvalue weighted by molar-refractivity contribution is -0.173. The monoisotopic (exact) mass is 588 g/mol. The first-order valence-electron chi connectivity index (χ1n) is 14.7. The number of ether oxygens (including phenoxy) is 1. The predicted octanol–water partition coefficient (Wildman–Crippen LogP) is 7.57. The lowest BCUT2D eigenvalue weighted by Crippen LogP contribution is -2.42. The SMILES string of the molecule is Cc1ccc(C(OC2CCN(C(=O)c3cnn4c3NC(c3ccccc3)CC4C(F)(F)F)CC2)c2ccc(C)cc2)cc1. The van der Waals surface area contributed by atoms with Gasteiger partial charge in [0.1, 0.15) is 17.5 Å². The molecule has 2 atom stereocenters. The maximum atomic E-state index is 14.1. The molecule has 1 N–H and O–H groups in total. The summed E-state index contributed by atoms with van der Waals surface area (Å²) < 4.78 is 49.9. The number of aromatic nitrogens is 2. The lowest BCUT2D eigenvalue weighted by atomic mass is 9.96. The molecule has 2 unspecified atom stereocenters. The summed E-state index contributed by atoms with van der Waals surface area (Å²) in [6.45, 7) is 4.98. The topological polar surface area (TPSA) is 59.4 Å². The number of likely N-dealkylation sites (tertiary alicyclic amines) is 1. The Morgan fingerprint density at radius 3 is 2.05 bits per heavy atom. The number of carbonyl (C=O) groups excluding carboxylic acids is 1. The largest absolute Gasteiger partial charge is 0.410 e. The standard InChI is InChI=1S/C34H35F3N4O2/c1-22-8-12-25(13-9-22)31(26-14-10-23(2)11-15-26)43-27-16-18-40(19-17-27)33(42)28-21-38-41-30(34(35,36)37)20-29(39-32(28)41)24-6-4-3-5-7-24/h3-15,21,27,29-31,39H,16-20H2,1-2H3. The van der Waals surface area contributed by atoms with Gasteiger partial charge in [0.25, 0.3) is 5.91 Å². The van der Waals surface area contributed by atoms with Gasteiger partial charge in [-0.2, -0.15) is 18.3 Å². The number of piperidine rings is 1. The van der Waals surface area contributed by atoms with Crippen LogP contribution in [0, 0.1) is 13.8 Å². The number of halogens is 3. The fourth-order valence-electron chi connectivity index (χ4n) is 6.01. The lowest BCUT2D eigenvalue weighted by Gasteiger charge is -2.36. The fourth-order valence-corrected chi connectivity index (χ4v) is 6.01. The van der Waals surface area contributed by atoms with Gasteiger partial charge in [-0.1, -0.05) is 90.0 Å². The molecule has 3 aromatic carbocycles. The van der Waals surface area contributed by atoms with Crippen LogP contribution < -0.4 is 5.32 Å². The Bertz CT molecular complexity index is 1500. The highest BCUT2D eigenvalue weighted by Crippen LogP contribution is 2.44. The highest BCUT2D eigenvalue weighted by molar-refractivity contribution is 5.99. The van der Waals surface area contributed by atoms with Crippen molar-refractivity contribution in [3.8, 4) is 0 Å². The summed E-state index contributed by atoms with van der Waals surface area (Å²) in [6.07, 6.45) is -2.52. The molecule has 1 saturated heterocycles. The van der Waals surface area contributed by atoms with Crippen LogP contribution in [-0.2, 0) is 4.74 Å². The van der Waals surface area contributed by atoms with Crippen molar-refractivity contribution in [3.63, 3.8) is 0 Å². The second-order valence-electron chi connectivity index (χ2n) is 11.6. The number of alkyl halides is 3. The zero-order valence-corrected chi connectivity index (χ0v) is 24.2. The smallest absolute Gasteiger partial charge is 0.365 e. The third kappa shape index (κ3) is 6.18. The molecule has 6 nitrogen and oxygen atoms in total. The average molecular weight is 589 g/mol. The van der Waals surface area contributed by atoms with Gasteiger partial charge in [-0.25, -0.2) is 4.68 Å². The van der Waals surface area contributed by atoms with Crippen LogP contribution in [0.15, 0.2) is 85.1 Å². The highest BCUT2D eigenvalue weighted by Gasteiger charge is 2.47. The van der Waals surface area contributed by atoms with Gasteiger partial charge < -0.3 is 15.0 Å². The van der Waals surface area contributed by atoms with Crippen molar-refractivity contribution in [3.05, 3.63) is 118 Å². The molecule has 9 heteroatoms. The number of carbonyl (C=O) groups is 1. The Labute approximate surface area is 249 Å². The van der Waals surface area contributed by atoms with Gasteiger partial charge in [0, 0.05) is 19.5 Å². The molecule has 3 heterocycles. The number of nitrogens with one attached hydrogen (secondary N) is 1. The number of rotatable bonds is 6. The van der Waals surface area contributed by atoms with E-state index in [1.807, 2.05) is 6.07 Å². The number of aryl methyl sites for hydroxylation is 2. The number of hydrogen-bond acceptors (Lipinski definition) is 4. The molecule has 0 aliphatic carbocycles. The van der Waals surface area contributed by atoms with E-state index in [1.165, 1.54) is 17.3 Å². The molecule has 1 fully saturated rings. The Morgan fingerprint density at radius 1 is 0.907 bits per heavy atom. The van der Waals surface area contributed by atoms with Crippen molar-refractivity contribution in [2.45, 2.75) is 63.6 Å². The van der Waals surface area contributed by atoms with Crippen LogP contribution in [-0.4, -0.2) is 46.0 Å². The third-order valence-electron chi connectivity index (χ3n) is 8.49. The first-order chi connectivity index (χ1) is 20.7. The van der Waals surface area contributed by atoms with E-state index in [2.05, 4.69) is 72.8 Å². The molecule has 1 aromatic heterocycles. The van der Waals surface area contributed by atoms with Crippen LogP contribution in [0.3, 0.4) is 0 Å². The van der Waals surface area contributed by atoms with Crippen LogP contribution in [0.1, 0.15) is 75.6 Å². The number of nitrogens with zero attached hydrogens (tertiary/aromatic N) is 3. The van der Waals surface area contributed by atoms with E-state index in [9.17, 15) is 18.0 Å². The summed E-state index contributed by atoms with van der Waals surface area (Å²) in [5, 5.41) is 7.24. The van der Waals surface area contributed by atoms with Crippen molar-refractivity contribution < 1.29 is 22.7 Å². The quantitative estimate of drug-likeness (QED) is 0.252. The van der Waals surface area contributed by atoms with E-state index in [0.29, 0.717) is 25.9 Å². The Hall–Kier alpha value is -4.11. The average Bonchev–Trinajstić information content (AvgIpc) is 3.44. The molecule has 0 radical (unpaired) electrons. The minimum Gasteiger partial charge on any atom is -0.365 e. The minimum atomic E-state index is -4.50. The summed E-state index contributed by atoms with van der Waals surface area (Å²) >= 11 is 0. The predicted molar refractivity (Wildman–Crippen MR) is 159 cm³/mol. The normalized spacial score (nSPS) is 19.3. The molecule has 6 rings (SSSR count). The summed E-state index contributed by atoms with van der Waals surface area (Å²) in [5.41, 5.74) is 5.37. The van der Waals surface area contributed by atoms with Gasteiger partial charge in [-0.3, -0.25) is 4.79 Å². The molecule has 2 aliphatic rings. The summed E-state index contributed by atoms with van der Waals surface area (Å²) in [5.74, 6) is -0.208. The molecule has 43 heavy (non-hydrogen) atoms. The number of hydrogen-bond donors (Lipinski definition) is 1. The number of amides is 1. The Kier molecular flexibility index (Phi) is 8.01. The van der Waals surface area contributed by atoms with Gasteiger partial charge >= 0.3 is 6.18 Å². The summed E-state index contributed by atoms with van der Waals surface area (Å²) in [4.78, 5) is 15.4. The molecule has 1 amide bonds. The third-order valence-corrected chi connectivity index (χ3v) is 8.49. The van der Waals surface area contributed by atoms with Gasteiger partial charge in [0.15, 0.2) is 6.04 Å². The van der Waals surface area contributed by atoms with Crippen LogP contribution >= 0.6 is 0 Å². The minimum absolute atomic E-state index is 0.0760. The van der Waals surface area contributed by atoms with E-state index >= 15 is 0 Å². The second kappa shape index (κ2) is 11.9. The Morgan fingerprint density at radius 2 is 1.49 bits per heavy atom. The zero-order chi connectivity index (χ0) is 30.1. The molecule has 2 aliphatic heterocycles. The van der Waals surface area contributed by atoms with Gasteiger partial charge in [0.05, 0.1) is 18.3 Å². The molecule has 4 aromatic rings. The molecule has 224 valence electrons. The van der Waals surface area contributed by atoms with Gasteiger partial charge in [-0.05, 0) is 43.4 Å². The van der Waals surface area contributed by atoms with Crippen LogP contribution in [0.2, 0.25) is 0 Å². The molecule has 0 spiro atoms. The summed E-state index contributed by atoms with van der Waals surface area (Å²) in [7, 11) is 0. The van der Waals surface area contributed by atoms with E-state index in [-0.39, 0.29) is 35.9 Å².